The Morgan fingerprint density at radius 2 is 1.93 bits per heavy atom. The van der Waals surface area contributed by atoms with Gasteiger partial charge in [0.25, 0.3) is 0 Å². The average Bonchev–Trinajstić information content (AvgIpc) is 2.23. The van der Waals surface area contributed by atoms with Crippen LogP contribution in [0.25, 0.3) is 0 Å². The molecule has 0 spiro atoms. The van der Waals surface area contributed by atoms with Crippen molar-refractivity contribution in [2.45, 2.75) is 64.6 Å². The molecular weight excluding hydrogens is 176 g/mol. The van der Waals surface area contributed by atoms with E-state index in [-0.39, 0.29) is 23.0 Å². The van der Waals surface area contributed by atoms with Gasteiger partial charge in [-0.1, -0.05) is 0 Å². The van der Waals surface area contributed by atoms with Gasteiger partial charge < -0.3 is 5.73 Å². The van der Waals surface area contributed by atoms with Crippen molar-refractivity contribution in [2.24, 2.45) is 5.73 Å². The predicted molar refractivity (Wildman–Crippen MR) is 57.9 cm³/mol. The van der Waals surface area contributed by atoms with Crippen LogP contribution in [-0.4, -0.2) is 27.9 Å². The van der Waals surface area contributed by atoms with E-state index in [1.54, 1.807) is 0 Å². The lowest BCUT2D eigenvalue weighted by Crippen LogP contribution is -2.57. The first kappa shape index (κ1) is 11.5. The third kappa shape index (κ3) is 1.92. The van der Waals surface area contributed by atoms with Gasteiger partial charge in [-0.2, -0.15) is 0 Å². The number of hydrogen-bond donors (Lipinski definition) is 1. The summed E-state index contributed by atoms with van der Waals surface area (Å²) in [4.78, 5) is 13.6. The van der Waals surface area contributed by atoms with Gasteiger partial charge >= 0.3 is 0 Å². The minimum atomic E-state index is -0.189. The predicted octanol–water partition coefficient (Wildman–Crippen LogP) is 1.51. The van der Waals surface area contributed by atoms with Gasteiger partial charge in [0.1, 0.15) is 0 Å². The zero-order valence-electron chi connectivity index (χ0n) is 9.92. The fourth-order valence-corrected chi connectivity index (χ4v) is 2.81. The van der Waals surface area contributed by atoms with E-state index in [1.165, 1.54) is 0 Å². The van der Waals surface area contributed by atoms with Crippen molar-refractivity contribution in [3.05, 3.63) is 0 Å². The molecule has 1 unspecified atom stereocenters. The fraction of sp³-hybridized carbons (Fsp3) is 0.909. The Hall–Kier alpha value is -0.570. The monoisotopic (exact) mass is 198 g/mol. The number of carbonyl (C=O) groups excluding carboxylic acids is 1. The number of primary amides is 1. The molecule has 0 aromatic rings. The summed E-state index contributed by atoms with van der Waals surface area (Å²) in [5.74, 6) is -0.189. The van der Waals surface area contributed by atoms with Gasteiger partial charge in [-0.3, -0.25) is 9.69 Å². The van der Waals surface area contributed by atoms with Crippen molar-refractivity contribution in [2.75, 3.05) is 0 Å². The van der Waals surface area contributed by atoms with E-state index in [0.29, 0.717) is 0 Å². The SMILES string of the molecule is CC(C)(C)N1C(C(N)=O)CCC1(C)C. The Morgan fingerprint density at radius 1 is 1.43 bits per heavy atom. The van der Waals surface area contributed by atoms with Crippen LogP contribution in [0.15, 0.2) is 0 Å². The first-order valence-electron chi connectivity index (χ1n) is 5.25. The quantitative estimate of drug-likeness (QED) is 0.694. The summed E-state index contributed by atoms with van der Waals surface area (Å²) in [5.41, 5.74) is 5.51. The maximum atomic E-state index is 11.3. The summed E-state index contributed by atoms with van der Waals surface area (Å²) < 4.78 is 0. The molecule has 2 N–H and O–H groups in total. The highest BCUT2D eigenvalue weighted by Crippen LogP contribution is 2.38. The molecule has 0 aromatic heterocycles. The van der Waals surface area contributed by atoms with Crippen molar-refractivity contribution in [1.82, 2.24) is 4.90 Å². The molecule has 3 heteroatoms. The lowest BCUT2D eigenvalue weighted by molar-refractivity contribution is -0.126. The lowest BCUT2D eigenvalue weighted by atomic mass is 9.96. The van der Waals surface area contributed by atoms with Crippen LogP contribution in [-0.2, 0) is 4.79 Å². The Labute approximate surface area is 86.6 Å². The molecule has 3 nitrogen and oxygen atoms in total. The van der Waals surface area contributed by atoms with Crippen molar-refractivity contribution >= 4 is 5.91 Å². The minimum absolute atomic E-state index is 0.000301. The summed E-state index contributed by atoms with van der Waals surface area (Å²) in [5, 5.41) is 0. The normalized spacial score (nSPS) is 27.9. The highest BCUT2D eigenvalue weighted by Gasteiger charge is 2.46. The summed E-state index contributed by atoms with van der Waals surface area (Å²) in [6.45, 7) is 10.8. The van der Waals surface area contributed by atoms with Crippen molar-refractivity contribution < 1.29 is 4.79 Å². The van der Waals surface area contributed by atoms with Crippen LogP contribution in [0.4, 0.5) is 0 Å². The van der Waals surface area contributed by atoms with E-state index < -0.39 is 0 Å². The minimum Gasteiger partial charge on any atom is -0.368 e. The number of carbonyl (C=O) groups is 1. The average molecular weight is 198 g/mol. The number of hydrogen-bond acceptors (Lipinski definition) is 2. The van der Waals surface area contributed by atoms with Gasteiger partial charge in [0, 0.05) is 11.1 Å². The van der Waals surface area contributed by atoms with Crippen LogP contribution in [0, 0.1) is 0 Å². The van der Waals surface area contributed by atoms with Crippen LogP contribution in [0.5, 0.6) is 0 Å². The molecule has 1 aliphatic rings. The zero-order chi connectivity index (χ0) is 11.1. The zero-order valence-corrected chi connectivity index (χ0v) is 9.92. The Kier molecular flexibility index (Phi) is 2.65. The fourth-order valence-electron chi connectivity index (χ4n) is 2.81. The maximum Gasteiger partial charge on any atom is 0.234 e. The van der Waals surface area contributed by atoms with Gasteiger partial charge in [0.05, 0.1) is 6.04 Å². The molecule has 1 aliphatic heterocycles. The summed E-state index contributed by atoms with van der Waals surface area (Å²) in [6.07, 6.45) is 1.93. The molecule has 1 fully saturated rings. The molecule has 1 rings (SSSR count). The van der Waals surface area contributed by atoms with E-state index in [2.05, 4.69) is 39.5 Å². The number of nitrogens with zero attached hydrogens (tertiary/aromatic N) is 1. The van der Waals surface area contributed by atoms with Gasteiger partial charge in [0.15, 0.2) is 0 Å². The molecule has 1 amide bonds. The molecule has 0 radical (unpaired) electrons. The first-order valence-corrected chi connectivity index (χ1v) is 5.25. The van der Waals surface area contributed by atoms with Gasteiger partial charge in [-0.05, 0) is 47.5 Å². The first-order chi connectivity index (χ1) is 6.16. The third-order valence-corrected chi connectivity index (χ3v) is 3.04. The second kappa shape index (κ2) is 3.23. The number of nitrogens with two attached hydrogens (primary N) is 1. The lowest BCUT2D eigenvalue weighted by Gasteiger charge is -2.44. The summed E-state index contributed by atoms with van der Waals surface area (Å²) in [6, 6.07) is -0.0926. The summed E-state index contributed by atoms with van der Waals surface area (Å²) in [7, 11) is 0. The number of likely N-dealkylation sites (tertiary alicyclic amines) is 1. The molecule has 1 atom stereocenters. The highest BCUT2D eigenvalue weighted by molar-refractivity contribution is 5.80. The Morgan fingerprint density at radius 3 is 2.21 bits per heavy atom. The molecule has 0 aliphatic carbocycles. The molecule has 1 heterocycles. The maximum absolute atomic E-state index is 11.3. The summed E-state index contributed by atoms with van der Waals surface area (Å²) >= 11 is 0. The van der Waals surface area contributed by atoms with E-state index in [9.17, 15) is 4.79 Å². The standard InChI is InChI=1S/C11H22N2O/c1-10(2,3)13-8(9(12)14)6-7-11(13,4)5/h8H,6-7H2,1-5H3,(H2,12,14). The molecule has 82 valence electrons. The van der Waals surface area contributed by atoms with Crippen LogP contribution >= 0.6 is 0 Å². The van der Waals surface area contributed by atoms with Crippen molar-refractivity contribution in [3.8, 4) is 0 Å². The van der Waals surface area contributed by atoms with E-state index in [0.717, 1.165) is 12.8 Å². The van der Waals surface area contributed by atoms with Crippen LogP contribution in [0.2, 0.25) is 0 Å². The van der Waals surface area contributed by atoms with E-state index in [1.807, 2.05) is 0 Å². The Balaban J connectivity index is 2.99. The van der Waals surface area contributed by atoms with Gasteiger partial charge in [-0.15, -0.1) is 0 Å². The second-order valence-electron chi connectivity index (χ2n) is 5.81. The van der Waals surface area contributed by atoms with Crippen molar-refractivity contribution in [3.63, 3.8) is 0 Å². The topological polar surface area (TPSA) is 46.3 Å². The van der Waals surface area contributed by atoms with E-state index >= 15 is 0 Å². The van der Waals surface area contributed by atoms with Crippen molar-refractivity contribution in [1.29, 1.82) is 0 Å². The van der Waals surface area contributed by atoms with Crippen LogP contribution in [0.1, 0.15) is 47.5 Å². The Bertz CT molecular complexity index is 240. The highest BCUT2D eigenvalue weighted by atomic mass is 16.1. The molecule has 1 saturated heterocycles. The van der Waals surface area contributed by atoms with E-state index in [4.69, 9.17) is 5.73 Å². The molecule has 0 saturated carbocycles. The van der Waals surface area contributed by atoms with Gasteiger partial charge in [0.2, 0.25) is 5.91 Å². The second-order valence-corrected chi connectivity index (χ2v) is 5.81. The molecule has 0 bridgehead atoms. The number of amides is 1. The largest absolute Gasteiger partial charge is 0.368 e. The molecule has 0 aromatic carbocycles. The third-order valence-electron chi connectivity index (χ3n) is 3.04. The molecular formula is C11H22N2O. The molecule has 14 heavy (non-hydrogen) atoms. The van der Waals surface area contributed by atoms with Crippen LogP contribution < -0.4 is 5.73 Å². The van der Waals surface area contributed by atoms with Gasteiger partial charge in [-0.25, -0.2) is 0 Å². The van der Waals surface area contributed by atoms with Crippen LogP contribution in [0.3, 0.4) is 0 Å². The smallest absolute Gasteiger partial charge is 0.234 e. The number of rotatable bonds is 1.